The number of ether oxygens (including phenoxy) is 3. The highest BCUT2D eigenvalue weighted by Crippen LogP contribution is 2.38. The number of nitrogens with one attached hydrogen (secondary N) is 1. The smallest absolute Gasteiger partial charge is 0.283 e. The van der Waals surface area contributed by atoms with E-state index in [1.165, 1.54) is 22.3 Å². The fraction of sp³-hybridized carbons (Fsp3) is 0.357. The first-order chi connectivity index (χ1) is 18.3. The quantitative estimate of drug-likeness (QED) is 0.231. The molecule has 10 heteroatoms. The number of amides is 1. The van der Waals surface area contributed by atoms with E-state index in [4.69, 9.17) is 19.6 Å². The number of nitrogens with zero attached hydrogens (tertiary/aromatic N) is 3. The summed E-state index contributed by atoms with van der Waals surface area (Å²) in [7, 11) is 0. The minimum Gasteiger partial charge on any atom is -0.490 e. The van der Waals surface area contributed by atoms with Crippen molar-refractivity contribution in [2.75, 3.05) is 19.8 Å². The SMILES string of the molecule is CCCC1=NN2C(=N)/C(=C/c3cc(Br)c(OCCOc4cc(C)cc(CC)c4)c(OCC)c3)C(=O)N=C2S1. The van der Waals surface area contributed by atoms with Crippen molar-refractivity contribution in [3.05, 3.63) is 57.1 Å². The molecule has 0 saturated heterocycles. The van der Waals surface area contributed by atoms with Crippen LogP contribution in [-0.4, -0.2) is 46.8 Å². The first kappa shape index (κ1) is 27.9. The van der Waals surface area contributed by atoms with Gasteiger partial charge in [0.25, 0.3) is 5.91 Å². The molecule has 8 nitrogen and oxygen atoms in total. The van der Waals surface area contributed by atoms with Gasteiger partial charge >= 0.3 is 0 Å². The largest absolute Gasteiger partial charge is 0.490 e. The molecule has 0 saturated carbocycles. The lowest BCUT2D eigenvalue weighted by molar-refractivity contribution is -0.114. The minimum atomic E-state index is -0.462. The third-order valence-corrected chi connectivity index (χ3v) is 7.28. The number of aliphatic imine (C=N–C) groups is 1. The Morgan fingerprint density at radius 1 is 1.08 bits per heavy atom. The van der Waals surface area contributed by atoms with Gasteiger partial charge in [-0.2, -0.15) is 15.1 Å². The fourth-order valence-electron chi connectivity index (χ4n) is 4.00. The van der Waals surface area contributed by atoms with E-state index in [-0.39, 0.29) is 11.4 Å². The van der Waals surface area contributed by atoms with Crippen LogP contribution in [0, 0.1) is 12.3 Å². The maximum atomic E-state index is 12.8. The molecule has 2 heterocycles. The number of benzene rings is 2. The molecule has 2 aliphatic heterocycles. The normalized spacial score (nSPS) is 15.9. The number of hydrazone groups is 1. The zero-order chi connectivity index (χ0) is 27.2. The summed E-state index contributed by atoms with van der Waals surface area (Å²) in [6.45, 7) is 9.25. The number of carbonyl (C=O) groups excluding carboxylic acids is 1. The molecule has 0 fully saturated rings. The highest BCUT2D eigenvalue weighted by atomic mass is 79.9. The van der Waals surface area contributed by atoms with Gasteiger partial charge in [0.15, 0.2) is 17.3 Å². The Morgan fingerprint density at radius 3 is 2.61 bits per heavy atom. The number of fused-ring (bicyclic) bond motifs is 1. The molecule has 200 valence electrons. The van der Waals surface area contributed by atoms with Crippen LogP contribution in [0.4, 0.5) is 0 Å². The van der Waals surface area contributed by atoms with Crippen molar-refractivity contribution < 1.29 is 19.0 Å². The predicted octanol–water partition coefficient (Wildman–Crippen LogP) is 6.60. The first-order valence-electron chi connectivity index (χ1n) is 12.6. The van der Waals surface area contributed by atoms with Gasteiger partial charge in [-0.15, -0.1) is 0 Å². The zero-order valence-electron chi connectivity index (χ0n) is 22.0. The molecule has 0 radical (unpaired) electrons. The van der Waals surface area contributed by atoms with Crippen molar-refractivity contribution in [1.29, 1.82) is 5.41 Å². The van der Waals surface area contributed by atoms with Crippen LogP contribution in [0.3, 0.4) is 0 Å². The standard InChI is InChI=1S/C28H31BrN4O4S/c1-5-8-24-32-33-26(30)21(27(34)31-28(33)38-24)14-19-15-22(29)25(23(16-19)35-7-3)37-10-9-36-20-12-17(4)11-18(6-2)13-20/h11-16,30H,5-10H2,1-4H3/b21-14-,30-26?. The van der Waals surface area contributed by atoms with Crippen molar-refractivity contribution in [1.82, 2.24) is 5.01 Å². The second-order valence-corrected chi connectivity index (χ2v) is 10.6. The highest BCUT2D eigenvalue weighted by Gasteiger charge is 2.35. The van der Waals surface area contributed by atoms with Crippen molar-refractivity contribution in [2.24, 2.45) is 10.1 Å². The predicted molar refractivity (Wildman–Crippen MR) is 157 cm³/mol. The van der Waals surface area contributed by atoms with Crippen LogP contribution in [0.1, 0.15) is 50.3 Å². The van der Waals surface area contributed by atoms with Crippen LogP contribution in [-0.2, 0) is 11.2 Å². The average molecular weight is 600 g/mol. The van der Waals surface area contributed by atoms with Gasteiger partial charge in [-0.3, -0.25) is 10.2 Å². The van der Waals surface area contributed by atoms with Crippen LogP contribution in [0.25, 0.3) is 6.08 Å². The van der Waals surface area contributed by atoms with E-state index in [0.717, 1.165) is 35.6 Å². The number of halogens is 1. The molecule has 2 aromatic rings. The molecule has 0 spiro atoms. The number of hydrogen-bond acceptors (Lipinski definition) is 7. The van der Waals surface area contributed by atoms with Crippen molar-refractivity contribution >= 4 is 55.7 Å². The Morgan fingerprint density at radius 2 is 1.87 bits per heavy atom. The van der Waals surface area contributed by atoms with Gasteiger partial charge in [-0.1, -0.05) is 19.9 Å². The Labute approximate surface area is 235 Å². The third-order valence-electron chi connectivity index (χ3n) is 5.72. The maximum Gasteiger partial charge on any atom is 0.283 e. The topological polar surface area (TPSA) is 96.6 Å². The lowest BCUT2D eigenvalue weighted by atomic mass is 10.1. The summed E-state index contributed by atoms with van der Waals surface area (Å²) in [4.78, 5) is 16.9. The number of carbonyl (C=O) groups is 1. The van der Waals surface area contributed by atoms with Gasteiger partial charge < -0.3 is 14.2 Å². The molecule has 38 heavy (non-hydrogen) atoms. The molecule has 1 N–H and O–H groups in total. The number of aryl methyl sites for hydroxylation is 2. The van der Waals surface area contributed by atoms with Crippen LogP contribution in [0.2, 0.25) is 0 Å². The summed E-state index contributed by atoms with van der Waals surface area (Å²) in [5.41, 5.74) is 3.23. The van der Waals surface area contributed by atoms with Gasteiger partial charge in [-0.05, 0) is 108 Å². The maximum absolute atomic E-state index is 12.8. The van der Waals surface area contributed by atoms with Gasteiger partial charge in [0.2, 0.25) is 5.17 Å². The number of amidine groups is 2. The molecular weight excluding hydrogens is 568 g/mol. The second-order valence-electron chi connectivity index (χ2n) is 8.73. The second kappa shape index (κ2) is 12.6. The van der Waals surface area contributed by atoms with Crippen molar-refractivity contribution in [2.45, 2.75) is 47.0 Å². The average Bonchev–Trinajstić information content (AvgIpc) is 3.28. The molecule has 0 aliphatic carbocycles. The molecule has 2 aromatic carbocycles. The number of hydrogen-bond donors (Lipinski definition) is 1. The lowest BCUT2D eigenvalue weighted by Crippen LogP contribution is -2.35. The number of thioether (sulfide) groups is 1. The Hall–Kier alpha value is -3.11. The van der Waals surface area contributed by atoms with E-state index in [1.54, 1.807) is 12.1 Å². The van der Waals surface area contributed by atoms with Crippen LogP contribution >= 0.6 is 27.7 Å². The first-order valence-corrected chi connectivity index (χ1v) is 14.2. The summed E-state index contributed by atoms with van der Waals surface area (Å²) >= 11 is 4.92. The number of rotatable bonds is 11. The van der Waals surface area contributed by atoms with Gasteiger partial charge in [0.05, 0.1) is 16.7 Å². The monoisotopic (exact) mass is 598 g/mol. The molecule has 0 aromatic heterocycles. The highest BCUT2D eigenvalue weighted by molar-refractivity contribution is 9.10. The molecule has 1 amide bonds. The third kappa shape index (κ3) is 6.47. The summed E-state index contributed by atoms with van der Waals surface area (Å²) in [6.07, 6.45) is 4.29. The van der Waals surface area contributed by atoms with Crippen LogP contribution < -0.4 is 14.2 Å². The van der Waals surface area contributed by atoms with E-state index >= 15 is 0 Å². The minimum absolute atomic E-state index is 0.00698. The van der Waals surface area contributed by atoms with Gasteiger partial charge in [0.1, 0.15) is 24.0 Å². The van der Waals surface area contributed by atoms with E-state index in [1.807, 2.05) is 25.1 Å². The fourth-order valence-corrected chi connectivity index (χ4v) is 5.56. The van der Waals surface area contributed by atoms with Crippen molar-refractivity contribution in [3.63, 3.8) is 0 Å². The summed E-state index contributed by atoms with van der Waals surface area (Å²) in [6, 6.07) is 9.82. The van der Waals surface area contributed by atoms with Crippen LogP contribution in [0.5, 0.6) is 17.2 Å². The lowest BCUT2D eigenvalue weighted by Gasteiger charge is -2.20. The molecule has 0 unspecified atom stereocenters. The molecule has 2 aliphatic rings. The molecule has 0 bridgehead atoms. The summed E-state index contributed by atoms with van der Waals surface area (Å²) < 4.78 is 18.5. The van der Waals surface area contributed by atoms with Gasteiger partial charge in [0, 0.05) is 0 Å². The summed E-state index contributed by atoms with van der Waals surface area (Å²) in [5, 5.41) is 15.8. The van der Waals surface area contributed by atoms with Crippen LogP contribution in [0.15, 0.2) is 50.5 Å². The van der Waals surface area contributed by atoms with E-state index < -0.39 is 5.91 Å². The Balaban J connectivity index is 1.49. The molecular formula is C28H31BrN4O4S. The van der Waals surface area contributed by atoms with E-state index in [2.05, 4.69) is 52.9 Å². The van der Waals surface area contributed by atoms with E-state index in [9.17, 15) is 4.79 Å². The Bertz CT molecular complexity index is 1340. The Kier molecular flexibility index (Phi) is 9.27. The zero-order valence-corrected chi connectivity index (χ0v) is 24.4. The molecule has 0 atom stereocenters. The summed E-state index contributed by atoms with van der Waals surface area (Å²) in [5.74, 6) is 1.44. The molecule has 4 rings (SSSR count). The van der Waals surface area contributed by atoms with Crippen molar-refractivity contribution in [3.8, 4) is 17.2 Å². The van der Waals surface area contributed by atoms with Gasteiger partial charge in [-0.25, -0.2) is 0 Å². The van der Waals surface area contributed by atoms with E-state index in [0.29, 0.717) is 46.5 Å².